The Morgan fingerprint density at radius 1 is 0.586 bits per heavy atom. The maximum Gasteiger partial charge on any atom is 0.0728 e. The first kappa shape index (κ1) is 16.8. The Balaban J connectivity index is 1.87. The molecule has 0 saturated carbocycles. The van der Waals surface area contributed by atoms with E-state index in [0.717, 1.165) is 12.8 Å². The number of benzene rings is 4. The van der Waals surface area contributed by atoms with Crippen molar-refractivity contribution in [1.29, 1.82) is 0 Å². The van der Waals surface area contributed by atoms with Crippen LogP contribution in [0.1, 0.15) is 46.7 Å². The molecule has 2 aliphatic carbocycles. The van der Waals surface area contributed by atoms with Crippen molar-refractivity contribution in [1.82, 2.24) is 0 Å². The molecule has 4 aromatic carbocycles. The largest absolute Gasteiger partial charge is 0.0728 e. The van der Waals surface area contributed by atoms with Crippen LogP contribution < -0.4 is 0 Å². The highest BCUT2D eigenvalue weighted by Crippen LogP contribution is 2.63. The third kappa shape index (κ3) is 1.94. The molecule has 0 heteroatoms. The van der Waals surface area contributed by atoms with Crippen molar-refractivity contribution in [2.45, 2.75) is 32.1 Å². The van der Waals surface area contributed by atoms with Crippen LogP contribution in [0.15, 0.2) is 84.9 Å². The van der Waals surface area contributed by atoms with Crippen LogP contribution in [0.3, 0.4) is 0 Å². The molecular weight excluding hydrogens is 348 g/mol. The molecule has 0 amide bonds. The molecule has 0 fully saturated rings. The van der Waals surface area contributed by atoms with Crippen molar-refractivity contribution in [3.05, 3.63) is 118 Å². The van der Waals surface area contributed by atoms with Gasteiger partial charge in [-0.1, -0.05) is 98.3 Å². The molecule has 0 bridgehead atoms. The van der Waals surface area contributed by atoms with Gasteiger partial charge in [0.15, 0.2) is 0 Å². The van der Waals surface area contributed by atoms with Crippen LogP contribution in [0.2, 0.25) is 0 Å². The summed E-state index contributed by atoms with van der Waals surface area (Å²) in [5.41, 5.74) is 14.2. The fourth-order valence-corrected chi connectivity index (χ4v) is 5.95. The lowest BCUT2D eigenvalue weighted by Crippen LogP contribution is -2.27. The number of aryl methyl sites for hydroxylation is 1. The number of hydrogen-bond acceptors (Lipinski definition) is 0. The van der Waals surface area contributed by atoms with E-state index in [1.165, 1.54) is 55.6 Å². The van der Waals surface area contributed by atoms with Gasteiger partial charge in [-0.25, -0.2) is 0 Å². The molecule has 0 nitrogen and oxygen atoms in total. The zero-order valence-corrected chi connectivity index (χ0v) is 17.0. The average Bonchev–Trinajstić information content (AvgIpc) is 3.23. The van der Waals surface area contributed by atoms with Gasteiger partial charge in [-0.3, -0.25) is 0 Å². The second-order valence-electron chi connectivity index (χ2n) is 8.42. The van der Waals surface area contributed by atoms with Crippen molar-refractivity contribution in [3.8, 4) is 22.3 Å². The summed E-state index contributed by atoms with van der Waals surface area (Å²) in [5, 5.41) is 0. The van der Waals surface area contributed by atoms with E-state index in [-0.39, 0.29) is 5.41 Å². The van der Waals surface area contributed by atoms with Crippen LogP contribution in [-0.2, 0) is 11.8 Å². The van der Waals surface area contributed by atoms with Gasteiger partial charge in [-0.05, 0) is 69.0 Å². The highest BCUT2D eigenvalue weighted by Gasteiger charge is 2.52. The summed E-state index contributed by atoms with van der Waals surface area (Å²) in [6.45, 7) is 4.58. The van der Waals surface area contributed by atoms with Crippen molar-refractivity contribution < 1.29 is 0 Å². The topological polar surface area (TPSA) is 0 Å². The van der Waals surface area contributed by atoms with E-state index in [2.05, 4.69) is 98.8 Å². The summed E-state index contributed by atoms with van der Waals surface area (Å²) < 4.78 is 0. The SMILES string of the molecule is CCCc1c(C)ccc2c1C1(c3ccccc3-c3ccccc31)c1ccccc1-2. The summed E-state index contributed by atoms with van der Waals surface area (Å²) in [6.07, 6.45) is 2.28. The van der Waals surface area contributed by atoms with Crippen LogP contribution in [0.5, 0.6) is 0 Å². The minimum absolute atomic E-state index is 0.199. The molecule has 0 aliphatic heterocycles. The maximum atomic E-state index is 2.36. The molecule has 2 aliphatic rings. The number of fused-ring (bicyclic) bond motifs is 10. The Labute approximate surface area is 172 Å². The number of hydrogen-bond donors (Lipinski definition) is 0. The molecule has 1 spiro atoms. The van der Waals surface area contributed by atoms with E-state index >= 15 is 0 Å². The van der Waals surface area contributed by atoms with Gasteiger partial charge in [0.05, 0.1) is 5.41 Å². The van der Waals surface area contributed by atoms with Crippen molar-refractivity contribution >= 4 is 0 Å². The molecule has 0 saturated heterocycles. The van der Waals surface area contributed by atoms with Crippen LogP contribution in [0.25, 0.3) is 22.3 Å². The summed E-state index contributed by atoms with van der Waals surface area (Å²) in [6, 6.07) is 31.9. The van der Waals surface area contributed by atoms with E-state index in [0.29, 0.717) is 0 Å². The van der Waals surface area contributed by atoms with Gasteiger partial charge in [0.25, 0.3) is 0 Å². The molecule has 0 radical (unpaired) electrons. The lowest BCUT2D eigenvalue weighted by Gasteiger charge is -2.32. The lowest BCUT2D eigenvalue weighted by molar-refractivity contribution is 0.765. The van der Waals surface area contributed by atoms with Gasteiger partial charge < -0.3 is 0 Å². The summed E-state index contributed by atoms with van der Waals surface area (Å²) in [5.74, 6) is 0. The third-order valence-corrected chi connectivity index (χ3v) is 7.00. The molecule has 0 atom stereocenters. The maximum absolute atomic E-state index is 2.36. The molecule has 140 valence electrons. The Bertz CT molecular complexity index is 1210. The molecule has 6 rings (SSSR count). The predicted octanol–water partition coefficient (Wildman–Crippen LogP) is 7.29. The van der Waals surface area contributed by atoms with Gasteiger partial charge in [0.2, 0.25) is 0 Å². The fourth-order valence-electron chi connectivity index (χ4n) is 5.95. The van der Waals surface area contributed by atoms with Crippen LogP contribution in [0.4, 0.5) is 0 Å². The summed E-state index contributed by atoms with van der Waals surface area (Å²) in [7, 11) is 0. The minimum atomic E-state index is -0.199. The van der Waals surface area contributed by atoms with Crippen LogP contribution >= 0.6 is 0 Å². The van der Waals surface area contributed by atoms with Crippen LogP contribution in [0, 0.1) is 6.92 Å². The quantitative estimate of drug-likeness (QED) is 0.299. The second-order valence-corrected chi connectivity index (χ2v) is 8.42. The Morgan fingerprint density at radius 2 is 1.07 bits per heavy atom. The van der Waals surface area contributed by atoms with Crippen molar-refractivity contribution in [2.24, 2.45) is 0 Å². The highest BCUT2D eigenvalue weighted by atomic mass is 14.5. The van der Waals surface area contributed by atoms with E-state index in [1.54, 1.807) is 0 Å². The normalized spacial score (nSPS) is 14.4. The molecule has 29 heavy (non-hydrogen) atoms. The Hall–Kier alpha value is -3.12. The standard InChI is InChI=1S/C29H24/c1-3-10-20-19(2)17-18-24-23-13-6-9-16-27(23)29(28(20)24)25-14-7-4-11-21(25)22-12-5-8-15-26(22)29/h4-9,11-18H,3,10H2,1-2H3. The third-order valence-electron chi connectivity index (χ3n) is 7.00. The zero-order chi connectivity index (χ0) is 19.6. The molecule has 0 heterocycles. The van der Waals surface area contributed by atoms with Gasteiger partial charge in [0, 0.05) is 0 Å². The molecule has 0 unspecified atom stereocenters. The van der Waals surface area contributed by atoms with Gasteiger partial charge in [0.1, 0.15) is 0 Å². The first-order chi connectivity index (χ1) is 14.3. The molecular formula is C29H24. The predicted molar refractivity (Wildman–Crippen MR) is 121 cm³/mol. The molecule has 4 aromatic rings. The first-order valence-corrected chi connectivity index (χ1v) is 10.7. The van der Waals surface area contributed by atoms with Crippen molar-refractivity contribution in [2.75, 3.05) is 0 Å². The van der Waals surface area contributed by atoms with E-state index < -0.39 is 0 Å². The minimum Gasteiger partial charge on any atom is -0.0651 e. The Morgan fingerprint density at radius 3 is 1.59 bits per heavy atom. The van der Waals surface area contributed by atoms with E-state index in [4.69, 9.17) is 0 Å². The summed E-state index contributed by atoms with van der Waals surface area (Å²) >= 11 is 0. The number of rotatable bonds is 2. The summed E-state index contributed by atoms with van der Waals surface area (Å²) in [4.78, 5) is 0. The van der Waals surface area contributed by atoms with Crippen LogP contribution in [-0.4, -0.2) is 0 Å². The fraction of sp³-hybridized carbons (Fsp3) is 0.172. The monoisotopic (exact) mass is 372 g/mol. The zero-order valence-electron chi connectivity index (χ0n) is 17.0. The second kappa shape index (κ2) is 5.94. The van der Waals surface area contributed by atoms with Gasteiger partial charge in [-0.15, -0.1) is 0 Å². The highest BCUT2D eigenvalue weighted by molar-refractivity contribution is 5.95. The molecule has 0 aromatic heterocycles. The van der Waals surface area contributed by atoms with Gasteiger partial charge in [-0.2, -0.15) is 0 Å². The van der Waals surface area contributed by atoms with Crippen molar-refractivity contribution in [3.63, 3.8) is 0 Å². The van der Waals surface area contributed by atoms with E-state index in [9.17, 15) is 0 Å². The Kier molecular flexibility index (Phi) is 3.44. The van der Waals surface area contributed by atoms with Gasteiger partial charge >= 0.3 is 0 Å². The lowest BCUT2D eigenvalue weighted by atomic mass is 9.68. The average molecular weight is 373 g/mol. The molecule has 0 N–H and O–H groups in total. The smallest absolute Gasteiger partial charge is 0.0651 e. The van der Waals surface area contributed by atoms with E-state index in [1.807, 2.05) is 0 Å². The first-order valence-electron chi connectivity index (χ1n) is 10.7.